The number of hydrogen-bond donors (Lipinski definition) is 0. The largest absolute Gasteiger partial charge is 0.378 e. The number of aromatic nitrogens is 2. The number of benzene rings is 1. The normalized spacial score (nSPS) is 10.7. The van der Waals surface area contributed by atoms with Crippen LogP contribution in [-0.2, 0) is 11.2 Å². The fraction of sp³-hybridized carbons (Fsp3) is 0.222. The Morgan fingerprint density at radius 1 is 1.09 bits per heavy atom. The zero-order chi connectivity index (χ0) is 16.4. The van der Waals surface area contributed by atoms with Crippen molar-refractivity contribution in [3.63, 3.8) is 0 Å². The Bertz CT molecular complexity index is 821. The van der Waals surface area contributed by atoms with Gasteiger partial charge in [-0.05, 0) is 42.8 Å². The van der Waals surface area contributed by atoms with Crippen molar-refractivity contribution in [3.05, 3.63) is 54.4 Å². The minimum absolute atomic E-state index is 0.761. The van der Waals surface area contributed by atoms with Gasteiger partial charge in [0, 0.05) is 26.0 Å². The molecule has 1 aromatic carbocycles. The van der Waals surface area contributed by atoms with Crippen molar-refractivity contribution in [2.75, 3.05) is 23.9 Å². The fourth-order valence-electron chi connectivity index (χ4n) is 2.67. The number of aryl methyl sites for hydroxylation is 1. The average Bonchev–Trinajstić information content (AvgIpc) is 2.95. The van der Waals surface area contributed by atoms with E-state index < -0.39 is 0 Å². The maximum absolute atomic E-state index is 11.8. The zero-order valence-corrected chi connectivity index (χ0v) is 13.6. The zero-order valence-electron chi connectivity index (χ0n) is 13.6. The summed E-state index contributed by atoms with van der Waals surface area (Å²) in [6.07, 6.45) is 3.54. The lowest BCUT2D eigenvalue weighted by Crippen LogP contribution is -2.18. The van der Waals surface area contributed by atoms with Crippen LogP contribution in [0.2, 0.25) is 0 Å². The van der Waals surface area contributed by atoms with E-state index in [4.69, 9.17) is 0 Å². The molecule has 118 valence electrons. The lowest BCUT2D eigenvalue weighted by Gasteiger charge is -2.20. The second-order valence-corrected chi connectivity index (χ2v) is 5.55. The Labute approximate surface area is 135 Å². The number of carbonyl (C=O) groups excluding carboxylic acids is 1. The van der Waals surface area contributed by atoms with Gasteiger partial charge in [0.1, 0.15) is 11.5 Å². The summed E-state index contributed by atoms with van der Waals surface area (Å²) in [5, 5.41) is 0. The lowest BCUT2D eigenvalue weighted by molar-refractivity contribution is -0.106. The lowest BCUT2D eigenvalue weighted by atomic mass is 10.2. The Morgan fingerprint density at radius 3 is 2.39 bits per heavy atom. The van der Waals surface area contributed by atoms with Crippen LogP contribution in [0, 0.1) is 0 Å². The number of nitrogens with zero attached hydrogens (tertiary/aromatic N) is 4. The standard InChI is InChI=1S/C18H20N4O/c1-4-16-18(21-12-6-5-7-17(21)19-16)22(13-23)15-10-8-14(9-11-15)20(2)3/h5-13H,4H2,1-3H3. The van der Waals surface area contributed by atoms with Crippen LogP contribution >= 0.6 is 0 Å². The molecular formula is C18H20N4O. The van der Waals surface area contributed by atoms with E-state index in [1.54, 1.807) is 4.90 Å². The van der Waals surface area contributed by atoms with E-state index in [0.29, 0.717) is 0 Å². The number of carbonyl (C=O) groups is 1. The highest BCUT2D eigenvalue weighted by atomic mass is 16.1. The molecule has 0 unspecified atom stereocenters. The van der Waals surface area contributed by atoms with Crippen molar-refractivity contribution in [1.29, 1.82) is 0 Å². The number of fused-ring (bicyclic) bond motifs is 1. The molecule has 0 aliphatic carbocycles. The average molecular weight is 308 g/mol. The first-order valence-corrected chi connectivity index (χ1v) is 7.63. The van der Waals surface area contributed by atoms with Crippen LogP contribution in [0.1, 0.15) is 12.6 Å². The maximum atomic E-state index is 11.8. The van der Waals surface area contributed by atoms with E-state index >= 15 is 0 Å². The van der Waals surface area contributed by atoms with Crippen molar-refractivity contribution in [2.24, 2.45) is 0 Å². The van der Waals surface area contributed by atoms with Gasteiger partial charge in [-0.1, -0.05) is 13.0 Å². The van der Waals surface area contributed by atoms with Crippen LogP contribution in [0.25, 0.3) is 5.65 Å². The molecule has 5 nitrogen and oxygen atoms in total. The monoisotopic (exact) mass is 308 g/mol. The SMILES string of the molecule is CCc1nc2ccccn2c1N(C=O)c1ccc(N(C)C)cc1. The molecule has 0 aliphatic rings. The van der Waals surface area contributed by atoms with Gasteiger partial charge in [-0.2, -0.15) is 0 Å². The van der Waals surface area contributed by atoms with E-state index in [1.165, 1.54) is 0 Å². The van der Waals surface area contributed by atoms with Crippen molar-refractivity contribution in [3.8, 4) is 0 Å². The van der Waals surface area contributed by atoms with Crippen molar-refractivity contribution in [2.45, 2.75) is 13.3 Å². The number of rotatable bonds is 5. The van der Waals surface area contributed by atoms with Crippen LogP contribution in [0.5, 0.6) is 0 Å². The summed E-state index contributed by atoms with van der Waals surface area (Å²) in [4.78, 5) is 20.1. The second-order valence-electron chi connectivity index (χ2n) is 5.55. The first-order chi connectivity index (χ1) is 11.2. The predicted molar refractivity (Wildman–Crippen MR) is 93.5 cm³/mol. The summed E-state index contributed by atoms with van der Waals surface area (Å²) in [7, 11) is 3.98. The van der Waals surface area contributed by atoms with Gasteiger partial charge in [-0.3, -0.25) is 14.1 Å². The molecule has 0 saturated carbocycles. The van der Waals surface area contributed by atoms with Crippen LogP contribution in [0.3, 0.4) is 0 Å². The van der Waals surface area contributed by atoms with Crippen LogP contribution in [0.15, 0.2) is 48.7 Å². The number of anilines is 3. The van der Waals surface area contributed by atoms with Gasteiger partial charge in [-0.15, -0.1) is 0 Å². The van der Waals surface area contributed by atoms with Crippen molar-refractivity contribution < 1.29 is 4.79 Å². The first kappa shape index (κ1) is 15.1. The Hall–Kier alpha value is -2.82. The van der Waals surface area contributed by atoms with Gasteiger partial charge >= 0.3 is 0 Å². The smallest absolute Gasteiger partial charge is 0.219 e. The molecule has 0 aliphatic heterocycles. The third-order valence-corrected chi connectivity index (χ3v) is 3.89. The number of amides is 1. The third-order valence-electron chi connectivity index (χ3n) is 3.89. The van der Waals surface area contributed by atoms with Gasteiger partial charge < -0.3 is 4.90 Å². The molecule has 1 amide bonds. The first-order valence-electron chi connectivity index (χ1n) is 7.63. The summed E-state index contributed by atoms with van der Waals surface area (Å²) < 4.78 is 1.95. The quantitative estimate of drug-likeness (QED) is 0.679. The number of pyridine rings is 1. The Morgan fingerprint density at radius 2 is 1.78 bits per heavy atom. The highest BCUT2D eigenvalue weighted by Crippen LogP contribution is 2.30. The summed E-state index contributed by atoms with van der Waals surface area (Å²) in [5.41, 5.74) is 3.66. The molecule has 0 spiro atoms. The van der Waals surface area contributed by atoms with E-state index in [-0.39, 0.29) is 0 Å². The molecule has 0 fully saturated rings. The fourth-order valence-corrected chi connectivity index (χ4v) is 2.67. The van der Waals surface area contributed by atoms with E-state index in [1.807, 2.05) is 79.0 Å². The van der Waals surface area contributed by atoms with E-state index in [9.17, 15) is 4.79 Å². The van der Waals surface area contributed by atoms with Crippen molar-refractivity contribution >= 4 is 29.2 Å². The minimum Gasteiger partial charge on any atom is -0.378 e. The van der Waals surface area contributed by atoms with Gasteiger partial charge in [0.2, 0.25) is 6.41 Å². The molecule has 2 aromatic heterocycles. The van der Waals surface area contributed by atoms with Gasteiger partial charge in [-0.25, -0.2) is 4.98 Å². The van der Waals surface area contributed by atoms with Crippen LogP contribution < -0.4 is 9.80 Å². The maximum Gasteiger partial charge on any atom is 0.219 e. The van der Waals surface area contributed by atoms with Gasteiger partial charge in [0.15, 0.2) is 0 Å². The molecular weight excluding hydrogens is 288 g/mol. The molecule has 2 heterocycles. The molecule has 3 rings (SSSR count). The Kier molecular flexibility index (Phi) is 4.02. The molecule has 0 radical (unpaired) electrons. The van der Waals surface area contributed by atoms with Gasteiger partial charge in [0.25, 0.3) is 0 Å². The topological polar surface area (TPSA) is 40.9 Å². The van der Waals surface area contributed by atoms with E-state index in [0.717, 1.165) is 41.4 Å². The third kappa shape index (κ3) is 2.65. The molecule has 5 heteroatoms. The molecule has 3 aromatic rings. The molecule has 23 heavy (non-hydrogen) atoms. The summed E-state index contributed by atoms with van der Waals surface area (Å²) in [5.74, 6) is 0.802. The molecule has 0 atom stereocenters. The highest BCUT2D eigenvalue weighted by Gasteiger charge is 2.18. The molecule has 0 bridgehead atoms. The summed E-state index contributed by atoms with van der Waals surface area (Å²) in [6.45, 7) is 2.05. The summed E-state index contributed by atoms with van der Waals surface area (Å²) >= 11 is 0. The number of hydrogen-bond acceptors (Lipinski definition) is 3. The van der Waals surface area contributed by atoms with Crippen molar-refractivity contribution in [1.82, 2.24) is 9.38 Å². The van der Waals surface area contributed by atoms with E-state index in [2.05, 4.69) is 4.98 Å². The Balaban J connectivity index is 2.12. The van der Waals surface area contributed by atoms with Crippen LogP contribution in [0.4, 0.5) is 17.2 Å². The second kappa shape index (κ2) is 6.12. The highest BCUT2D eigenvalue weighted by molar-refractivity contribution is 5.87. The minimum atomic E-state index is 0.761. The van der Waals surface area contributed by atoms with Gasteiger partial charge in [0.05, 0.1) is 11.4 Å². The number of imidazole rings is 1. The molecule has 0 N–H and O–H groups in total. The molecule has 0 saturated heterocycles. The van der Waals surface area contributed by atoms with Crippen LogP contribution in [-0.4, -0.2) is 29.9 Å². The summed E-state index contributed by atoms with van der Waals surface area (Å²) in [6, 6.07) is 13.7. The predicted octanol–water partition coefficient (Wildman–Crippen LogP) is 3.26.